The second-order valence-electron chi connectivity index (χ2n) is 4.50. The number of hydrogen-bond donors (Lipinski definition) is 1. The lowest BCUT2D eigenvalue weighted by Gasteiger charge is -2.21. The zero-order valence-corrected chi connectivity index (χ0v) is 10.5. The topological polar surface area (TPSA) is 38.3 Å². The van der Waals surface area contributed by atoms with Gasteiger partial charge in [0, 0.05) is 0 Å². The molecule has 1 atom stereocenters. The largest absolute Gasteiger partial charge is 0.444 e. The van der Waals surface area contributed by atoms with Gasteiger partial charge < -0.3 is 10.1 Å². The van der Waals surface area contributed by atoms with Crippen LogP contribution < -0.4 is 5.32 Å². The molecule has 0 aromatic rings. The third-order valence-corrected chi connectivity index (χ3v) is 1.75. The van der Waals surface area contributed by atoms with E-state index in [2.05, 4.69) is 12.2 Å². The van der Waals surface area contributed by atoms with Gasteiger partial charge in [0.05, 0.1) is 6.04 Å². The van der Waals surface area contributed by atoms with Gasteiger partial charge in [0.25, 0.3) is 0 Å². The number of rotatable bonds is 4. The minimum atomic E-state index is -0.434. The number of nitrogens with one attached hydrogen (secondary N) is 1. The Kier molecular flexibility index (Phi) is 6.06. The molecule has 0 heterocycles. The summed E-state index contributed by atoms with van der Waals surface area (Å²) in [6.45, 7) is 9.67. The van der Waals surface area contributed by atoms with E-state index in [1.807, 2.05) is 39.8 Å². The molecule has 3 nitrogen and oxygen atoms in total. The van der Waals surface area contributed by atoms with Crippen LogP contribution >= 0.6 is 0 Å². The maximum absolute atomic E-state index is 11.4. The molecule has 1 N–H and O–H groups in total. The smallest absolute Gasteiger partial charge is 0.408 e. The van der Waals surface area contributed by atoms with Gasteiger partial charge in [0.15, 0.2) is 0 Å². The molecule has 0 spiro atoms. The Morgan fingerprint density at radius 1 is 1.40 bits per heavy atom. The molecule has 0 aliphatic heterocycles. The molecule has 0 aliphatic carbocycles. The molecular weight excluding hydrogens is 190 g/mol. The summed E-state index contributed by atoms with van der Waals surface area (Å²) in [6.07, 6.45) is 5.55. The van der Waals surface area contributed by atoms with Crippen LogP contribution in [0.25, 0.3) is 0 Å². The van der Waals surface area contributed by atoms with Crippen molar-refractivity contribution >= 4 is 6.09 Å². The first-order chi connectivity index (χ1) is 6.89. The highest BCUT2D eigenvalue weighted by molar-refractivity contribution is 5.68. The summed E-state index contributed by atoms with van der Waals surface area (Å²) in [6, 6.07) is 0.0693. The van der Waals surface area contributed by atoms with E-state index in [0.29, 0.717) is 0 Å². The average molecular weight is 213 g/mol. The summed E-state index contributed by atoms with van der Waals surface area (Å²) in [4.78, 5) is 11.4. The Morgan fingerprint density at radius 3 is 2.40 bits per heavy atom. The highest BCUT2D eigenvalue weighted by atomic mass is 16.6. The van der Waals surface area contributed by atoms with Crippen LogP contribution in [0.3, 0.4) is 0 Å². The summed E-state index contributed by atoms with van der Waals surface area (Å²) in [5.41, 5.74) is -0.434. The molecule has 0 aliphatic rings. The normalized spacial score (nSPS) is 13.9. The fourth-order valence-electron chi connectivity index (χ4n) is 1.05. The Bertz CT molecular complexity index is 216. The van der Waals surface area contributed by atoms with E-state index in [1.165, 1.54) is 0 Å². The molecule has 0 aromatic carbocycles. The molecule has 0 fully saturated rings. The number of alkyl carbamates (subject to hydrolysis) is 1. The van der Waals surface area contributed by atoms with Crippen molar-refractivity contribution in [3.8, 4) is 0 Å². The van der Waals surface area contributed by atoms with E-state index in [9.17, 15) is 4.79 Å². The van der Waals surface area contributed by atoms with Crippen LogP contribution in [-0.4, -0.2) is 17.7 Å². The lowest BCUT2D eigenvalue weighted by atomic mass is 10.2. The van der Waals surface area contributed by atoms with Crippen molar-refractivity contribution < 1.29 is 9.53 Å². The molecule has 0 aromatic heterocycles. The van der Waals surface area contributed by atoms with Gasteiger partial charge in [-0.25, -0.2) is 4.79 Å². The predicted octanol–water partition coefficient (Wildman–Crippen LogP) is 3.26. The minimum Gasteiger partial charge on any atom is -0.444 e. The predicted molar refractivity (Wildman–Crippen MR) is 62.9 cm³/mol. The number of carbonyl (C=O) groups excluding carboxylic acids is 1. The summed E-state index contributed by atoms with van der Waals surface area (Å²) in [5, 5.41) is 2.81. The van der Waals surface area contributed by atoms with Crippen molar-refractivity contribution in [3.05, 3.63) is 12.2 Å². The van der Waals surface area contributed by atoms with Crippen LogP contribution in [0.5, 0.6) is 0 Å². The maximum atomic E-state index is 11.4. The van der Waals surface area contributed by atoms with Crippen molar-refractivity contribution in [1.82, 2.24) is 5.32 Å². The van der Waals surface area contributed by atoms with Crippen LogP contribution in [0, 0.1) is 0 Å². The summed E-state index contributed by atoms with van der Waals surface area (Å²) >= 11 is 0. The van der Waals surface area contributed by atoms with E-state index in [0.717, 1.165) is 12.8 Å². The van der Waals surface area contributed by atoms with E-state index >= 15 is 0 Å². The fraction of sp³-hybridized carbons (Fsp3) is 0.750. The number of ether oxygens (including phenoxy) is 1. The standard InChI is InChI=1S/C12H23NO2/c1-6-8-9-10(7-2)13-11(14)15-12(3,4)5/h8-10H,6-7H2,1-5H3,(H,13,14)/b9-8+. The summed E-state index contributed by atoms with van der Waals surface area (Å²) in [7, 11) is 0. The Balaban J connectivity index is 4.07. The zero-order chi connectivity index (χ0) is 11.9. The van der Waals surface area contributed by atoms with Crippen molar-refractivity contribution in [2.75, 3.05) is 0 Å². The van der Waals surface area contributed by atoms with Crippen LogP contribution in [0.2, 0.25) is 0 Å². The highest BCUT2D eigenvalue weighted by Crippen LogP contribution is 2.07. The average Bonchev–Trinajstić information content (AvgIpc) is 2.09. The summed E-state index contributed by atoms with van der Waals surface area (Å²) in [5.74, 6) is 0. The van der Waals surface area contributed by atoms with Crippen LogP contribution in [0.1, 0.15) is 47.5 Å². The van der Waals surface area contributed by atoms with Gasteiger partial charge in [-0.15, -0.1) is 0 Å². The molecule has 1 amide bonds. The van der Waals surface area contributed by atoms with Crippen LogP contribution in [-0.2, 0) is 4.74 Å². The van der Waals surface area contributed by atoms with Crippen LogP contribution in [0.15, 0.2) is 12.2 Å². The molecule has 3 heteroatoms. The lowest BCUT2D eigenvalue weighted by molar-refractivity contribution is 0.0513. The van der Waals surface area contributed by atoms with E-state index in [4.69, 9.17) is 4.74 Å². The van der Waals surface area contributed by atoms with Gasteiger partial charge in [-0.3, -0.25) is 0 Å². The van der Waals surface area contributed by atoms with E-state index < -0.39 is 5.60 Å². The molecular formula is C12H23NO2. The number of allylic oxidation sites excluding steroid dienone is 1. The van der Waals surface area contributed by atoms with Crippen LogP contribution in [0.4, 0.5) is 4.79 Å². The number of hydrogen-bond acceptors (Lipinski definition) is 2. The molecule has 15 heavy (non-hydrogen) atoms. The molecule has 0 saturated carbocycles. The van der Waals surface area contributed by atoms with E-state index in [1.54, 1.807) is 0 Å². The minimum absolute atomic E-state index is 0.0693. The van der Waals surface area contributed by atoms with E-state index in [-0.39, 0.29) is 12.1 Å². The first-order valence-corrected chi connectivity index (χ1v) is 5.55. The van der Waals surface area contributed by atoms with Crippen molar-refractivity contribution in [2.45, 2.75) is 59.1 Å². The Hall–Kier alpha value is -0.990. The van der Waals surface area contributed by atoms with Gasteiger partial charge in [-0.1, -0.05) is 26.0 Å². The maximum Gasteiger partial charge on any atom is 0.408 e. The first kappa shape index (κ1) is 14.0. The molecule has 0 radical (unpaired) electrons. The van der Waals surface area contributed by atoms with Gasteiger partial charge in [0.1, 0.15) is 5.60 Å². The van der Waals surface area contributed by atoms with Gasteiger partial charge in [-0.2, -0.15) is 0 Å². The molecule has 88 valence electrons. The quantitative estimate of drug-likeness (QED) is 0.728. The van der Waals surface area contributed by atoms with Crippen molar-refractivity contribution in [1.29, 1.82) is 0 Å². The number of amides is 1. The Morgan fingerprint density at radius 2 is 2.00 bits per heavy atom. The third-order valence-electron chi connectivity index (χ3n) is 1.75. The fourth-order valence-corrected chi connectivity index (χ4v) is 1.05. The molecule has 0 saturated heterocycles. The van der Waals surface area contributed by atoms with Gasteiger partial charge in [0.2, 0.25) is 0 Å². The molecule has 1 unspecified atom stereocenters. The van der Waals surface area contributed by atoms with Crippen molar-refractivity contribution in [3.63, 3.8) is 0 Å². The highest BCUT2D eigenvalue weighted by Gasteiger charge is 2.17. The van der Waals surface area contributed by atoms with Gasteiger partial charge in [-0.05, 0) is 33.6 Å². The van der Waals surface area contributed by atoms with Crippen molar-refractivity contribution in [2.24, 2.45) is 0 Å². The second-order valence-corrected chi connectivity index (χ2v) is 4.50. The SMILES string of the molecule is CC/C=C/C(CC)NC(=O)OC(C)(C)C. The second kappa shape index (κ2) is 6.49. The third kappa shape index (κ3) is 8.03. The summed E-state index contributed by atoms with van der Waals surface area (Å²) < 4.78 is 5.17. The zero-order valence-electron chi connectivity index (χ0n) is 10.5. The molecule has 0 bridgehead atoms. The first-order valence-electron chi connectivity index (χ1n) is 5.55. The lowest BCUT2D eigenvalue weighted by Crippen LogP contribution is -2.37. The van der Waals surface area contributed by atoms with Gasteiger partial charge >= 0.3 is 6.09 Å². The molecule has 0 rings (SSSR count). The Labute approximate surface area is 92.9 Å². The number of carbonyl (C=O) groups is 1. The monoisotopic (exact) mass is 213 g/mol.